The van der Waals surface area contributed by atoms with Gasteiger partial charge < -0.3 is 9.90 Å². The van der Waals surface area contributed by atoms with Gasteiger partial charge in [-0.2, -0.15) is 0 Å². The zero-order valence-electron chi connectivity index (χ0n) is 10.2. The summed E-state index contributed by atoms with van der Waals surface area (Å²) in [6.45, 7) is 5.48. The molecule has 0 amide bonds. The number of carboxylic acid groups (broad SMARTS) is 1. The molecule has 3 nitrogen and oxygen atoms in total. The van der Waals surface area contributed by atoms with E-state index >= 15 is 0 Å². The van der Waals surface area contributed by atoms with Crippen LogP contribution >= 0.6 is 0 Å². The maximum Gasteiger partial charge on any atom is 0.331 e. The topological polar surface area (TPSA) is 54.4 Å². The molecule has 0 aliphatic heterocycles. The second kappa shape index (κ2) is 7.85. The highest BCUT2D eigenvalue weighted by atomic mass is 16.4. The Morgan fingerprint density at radius 3 is 2.00 bits per heavy atom. The molecule has 90 valence electrons. The van der Waals surface area contributed by atoms with Crippen LogP contribution in [0.25, 0.3) is 0 Å². The van der Waals surface area contributed by atoms with Crippen LogP contribution in [0.2, 0.25) is 0 Å². The van der Waals surface area contributed by atoms with Gasteiger partial charge in [0.05, 0.1) is 0 Å². The smallest absolute Gasteiger partial charge is 0.331 e. The van der Waals surface area contributed by atoms with Gasteiger partial charge in [0, 0.05) is 12.0 Å². The molecule has 0 bridgehead atoms. The van der Waals surface area contributed by atoms with E-state index in [4.69, 9.17) is 5.11 Å². The van der Waals surface area contributed by atoms with E-state index < -0.39 is 5.97 Å². The number of ketones is 1. The van der Waals surface area contributed by atoms with Crippen molar-refractivity contribution in [1.29, 1.82) is 0 Å². The lowest BCUT2D eigenvalue weighted by molar-refractivity contribution is -0.132. The number of hydrogen-bond acceptors (Lipinski definition) is 2. The number of rotatable bonds is 7. The monoisotopic (exact) mass is 224 g/mol. The molecular formula is C13H20O3. The summed E-state index contributed by atoms with van der Waals surface area (Å²) < 4.78 is 0. The summed E-state index contributed by atoms with van der Waals surface area (Å²) >= 11 is 0. The maximum atomic E-state index is 10.9. The predicted molar refractivity (Wildman–Crippen MR) is 64.3 cm³/mol. The fourth-order valence-corrected chi connectivity index (χ4v) is 1.26. The van der Waals surface area contributed by atoms with Crippen molar-refractivity contribution in [2.45, 2.75) is 46.5 Å². The van der Waals surface area contributed by atoms with Gasteiger partial charge in [-0.3, -0.25) is 0 Å². The van der Waals surface area contributed by atoms with E-state index in [0.29, 0.717) is 24.8 Å². The summed E-state index contributed by atoms with van der Waals surface area (Å²) in [5, 5.41) is 8.93. The molecule has 0 atom stereocenters. The van der Waals surface area contributed by atoms with E-state index in [1.807, 2.05) is 19.9 Å². The Labute approximate surface area is 96.9 Å². The minimum atomic E-state index is -0.884. The molecule has 0 radical (unpaired) electrons. The molecule has 0 aromatic carbocycles. The molecule has 0 heterocycles. The average Bonchev–Trinajstić information content (AvgIpc) is 2.14. The Hall–Kier alpha value is -1.38. The minimum Gasteiger partial charge on any atom is -0.478 e. The summed E-state index contributed by atoms with van der Waals surface area (Å²) in [6.07, 6.45) is 5.87. The number of aliphatic carboxylic acids is 1. The molecule has 0 aliphatic carbocycles. The molecule has 0 fully saturated rings. The number of hydrogen-bond donors (Lipinski definition) is 1. The normalized spacial score (nSPS) is 11.1. The zero-order chi connectivity index (χ0) is 12.6. The second-order valence-electron chi connectivity index (χ2n) is 4.10. The minimum absolute atomic E-state index is 0.0882. The summed E-state index contributed by atoms with van der Waals surface area (Å²) in [5.74, 6) is -0.795. The maximum absolute atomic E-state index is 10.9. The van der Waals surface area contributed by atoms with E-state index in [-0.39, 0.29) is 5.78 Å². The number of carbonyl (C=O) groups is 2. The number of Topliss-reactive ketones (excluding diaryl/α,β-unsaturated/α-hetero) is 1. The van der Waals surface area contributed by atoms with Gasteiger partial charge in [0.2, 0.25) is 0 Å². The Kier molecular flexibility index (Phi) is 7.18. The van der Waals surface area contributed by atoms with Crippen LogP contribution in [0.1, 0.15) is 46.5 Å². The summed E-state index contributed by atoms with van der Waals surface area (Å²) in [4.78, 5) is 21.6. The Bertz CT molecular complexity index is 307. The van der Waals surface area contributed by atoms with Crippen molar-refractivity contribution in [3.05, 3.63) is 23.3 Å². The van der Waals surface area contributed by atoms with Gasteiger partial charge in [-0.25, -0.2) is 4.79 Å². The molecule has 0 rings (SSSR count). The molecule has 0 spiro atoms. The van der Waals surface area contributed by atoms with Gasteiger partial charge in [-0.15, -0.1) is 0 Å². The Balaban J connectivity index is 4.22. The van der Waals surface area contributed by atoms with Crippen molar-refractivity contribution in [3.8, 4) is 0 Å². The molecule has 0 aromatic heterocycles. The third-order valence-corrected chi connectivity index (χ3v) is 2.13. The third kappa shape index (κ3) is 7.97. The number of carboxylic acids is 1. The lowest BCUT2D eigenvalue weighted by Gasteiger charge is -2.00. The van der Waals surface area contributed by atoms with Crippen LogP contribution in [-0.2, 0) is 9.59 Å². The number of allylic oxidation sites excluding steroid dienone is 3. The lowest BCUT2D eigenvalue weighted by atomic mass is 10.1. The third-order valence-electron chi connectivity index (χ3n) is 2.13. The van der Waals surface area contributed by atoms with Crippen LogP contribution in [0, 0.1) is 0 Å². The van der Waals surface area contributed by atoms with Crippen LogP contribution in [-0.4, -0.2) is 16.9 Å². The fourth-order valence-electron chi connectivity index (χ4n) is 1.26. The molecule has 0 saturated carbocycles. The SMILES string of the molecule is CC(=O)CCC=C(CCC=C(C)C)C(=O)O. The fraction of sp³-hybridized carbons (Fsp3) is 0.538. The molecule has 16 heavy (non-hydrogen) atoms. The van der Waals surface area contributed by atoms with E-state index in [9.17, 15) is 9.59 Å². The highest BCUT2D eigenvalue weighted by molar-refractivity contribution is 5.86. The first-order valence-corrected chi connectivity index (χ1v) is 5.48. The van der Waals surface area contributed by atoms with Crippen LogP contribution in [0.4, 0.5) is 0 Å². The average molecular weight is 224 g/mol. The van der Waals surface area contributed by atoms with Crippen LogP contribution in [0.15, 0.2) is 23.3 Å². The first-order chi connectivity index (χ1) is 7.43. The largest absolute Gasteiger partial charge is 0.478 e. The van der Waals surface area contributed by atoms with E-state index in [2.05, 4.69) is 0 Å². The molecule has 1 N–H and O–H groups in total. The van der Waals surface area contributed by atoms with Gasteiger partial charge in [-0.1, -0.05) is 17.7 Å². The summed E-state index contributed by atoms with van der Waals surface area (Å²) in [7, 11) is 0. The van der Waals surface area contributed by atoms with E-state index in [1.54, 1.807) is 6.08 Å². The molecule has 0 aliphatic rings. The van der Waals surface area contributed by atoms with Crippen molar-refractivity contribution >= 4 is 11.8 Å². The quantitative estimate of drug-likeness (QED) is 0.534. The molecule has 0 unspecified atom stereocenters. The lowest BCUT2D eigenvalue weighted by Crippen LogP contribution is -2.01. The van der Waals surface area contributed by atoms with E-state index in [1.165, 1.54) is 12.5 Å². The van der Waals surface area contributed by atoms with Gasteiger partial charge >= 0.3 is 5.97 Å². The highest BCUT2D eigenvalue weighted by Gasteiger charge is 2.05. The molecule has 0 aromatic rings. The molecule has 0 saturated heterocycles. The van der Waals surface area contributed by atoms with Crippen LogP contribution in [0.3, 0.4) is 0 Å². The zero-order valence-corrected chi connectivity index (χ0v) is 10.2. The van der Waals surface area contributed by atoms with Gasteiger partial charge in [0.15, 0.2) is 0 Å². The summed E-state index contributed by atoms with van der Waals surface area (Å²) in [6, 6.07) is 0. The second-order valence-corrected chi connectivity index (χ2v) is 4.10. The highest BCUT2D eigenvalue weighted by Crippen LogP contribution is 2.10. The van der Waals surface area contributed by atoms with Crippen molar-refractivity contribution in [2.75, 3.05) is 0 Å². The van der Waals surface area contributed by atoms with Gasteiger partial charge in [-0.05, 0) is 40.0 Å². The number of carbonyl (C=O) groups excluding carboxylic acids is 1. The van der Waals surface area contributed by atoms with Gasteiger partial charge in [0.1, 0.15) is 5.78 Å². The molecule has 3 heteroatoms. The van der Waals surface area contributed by atoms with Gasteiger partial charge in [0.25, 0.3) is 0 Å². The van der Waals surface area contributed by atoms with Crippen LogP contribution in [0.5, 0.6) is 0 Å². The summed E-state index contributed by atoms with van der Waals surface area (Å²) in [5.41, 5.74) is 1.59. The van der Waals surface area contributed by atoms with Crippen molar-refractivity contribution < 1.29 is 14.7 Å². The Morgan fingerprint density at radius 2 is 1.56 bits per heavy atom. The van der Waals surface area contributed by atoms with Crippen molar-refractivity contribution in [2.24, 2.45) is 0 Å². The predicted octanol–water partition coefficient (Wildman–Crippen LogP) is 3.11. The standard InChI is InChI=1S/C13H20O3/c1-10(2)6-4-8-12(13(15)16)9-5-7-11(3)14/h6,9H,4-5,7-8H2,1-3H3,(H,15,16). The van der Waals surface area contributed by atoms with E-state index in [0.717, 1.165) is 6.42 Å². The first kappa shape index (κ1) is 14.6. The Morgan fingerprint density at radius 1 is 1.00 bits per heavy atom. The molecular weight excluding hydrogens is 204 g/mol. The van der Waals surface area contributed by atoms with Crippen LogP contribution < -0.4 is 0 Å². The first-order valence-electron chi connectivity index (χ1n) is 5.48. The van der Waals surface area contributed by atoms with Crippen molar-refractivity contribution in [1.82, 2.24) is 0 Å². The van der Waals surface area contributed by atoms with Crippen molar-refractivity contribution in [3.63, 3.8) is 0 Å².